The molecule has 3 rings (SSSR count). The van der Waals surface area contributed by atoms with E-state index in [0.29, 0.717) is 0 Å². The molecule has 0 aliphatic carbocycles. The molecule has 0 radical (unpaired) electrons. The normalized spacial score (nSPS) is 11.1. The van der Waals surface area contributed by atoms with E-state index < -0.39 is 0 Å². The van der Waals surface area contributed by atoms with Gasteiger partial charge < -0.3 is 9.97 Å². The largest absolute Gasteiger partial charge is 0.361 e. The Morgan fingerprint density at radius 3 is 2.75 bits per heavy atom. The summed E-state index contributed by atoms with van der Waals surface area (Å²) in [4.78, 5) is 6.29. The first kappa shape index (κ1) is 9.21. The molecule has 3 heteroatoms. The highest BCUT2D eigenvalue weighted by Gasteiger charge is 2.09. The van der Waals surface area contributed by atoms with Crippen LogP contribution in [0.15, 0.2) is 36.7 Å². The van der Waals surface area contributed by atoms with Gasteiger partial charge in [0.1, 0.15) is 5.82 Å². The number of rotatable bonds is 1. The summed E-state index contributed by atoms with van der Waals surface area (Å²) < 4.78 is 13.0. The van der Waals surface area contributed by atoms with Crippen LogP contribution in [-0.2, 0) is 0 Å². The van der Waals surface area contributed by atoms with Crippen LogP contribution in [0.2, 0.25) is 0 Å². The van der Waals surface area contributed by atoms with Crippen LogP contribution in [0.1, 0.15) is 5.56 Å². The number of fused-ring (bicyclic) bond motifs is 1. The fourth-order valence-corrected chi connectivity index (χ4v) is 2.04. The van der Waals surface area contributed by atoms with Crippen molar-refractivity contribution in [3.05, 3.63) is 48.0 Å². The van der Waals surface area contributed by atoms with Gasteiger partial charge in [-0.2, -0.15) is 0 Å². The smallest absolute Gasteiger partial charge is 0.125 e. The molecule has 2 heterocycles. The second-order valence-electron chi connectivity index (χ2n) is 3.93. The molecule has 0 aliphatic rings. The number of H-pyrrole nitrogens is 2. The third-order valence-corrected chi connectivity index (χ3v) is 2.87. The van der Waals surface area contributed by atoms with Crippen LogP contribution >= 0.6 is 0 Å². The molecule has 3 aromatic rings. The Balaban J connectivity index is 2.30. The molecule has 0 saturated carbocycles. The van der Waals surface area contributed by atoms with Gasteiger partial charge in [0.15, 0.2) is 0 Å². The van der Waals surface area contributed by atoms with E-state index in [1.54, 1.807) is 6.07 Å². The molecule has 0 spiro atoms. The van der Waals surface area contributed by atoms with Crippen molar-refractivity contribution >= 4 is 10.9 Å². The van der Waals surface area contributed by atoms with Gasteiger partial charge in [-0.3, -0.25) is 0 Å². The number of hydrogen-bond acceptors (Lipinski definition) is 0. The summed E-state index contributed by atoms with van der Waals surface area (Å²) in [5.74, 6) is -0.218. The summed E-state index contributed by atoms with van der Waals surface area (Å²) in [6.07, 6.45) is 3.82. The van der Waals surface area contributed by atoms with E-state index in [9.17, 15) is 4.39 Å². The summed E-state index contributed by atoms with van der Waals surface area (Å²) in [5, 5.41) is 1.03. The highest BCUT2D eigenvalue weighted by molar-refractivity contribution is 5.95. The molecule has 0 aliphatic heterocycles. The van der Waals surface area contributed by atoms with Crippen LogP contribution in [0.25, 0.3) is 22.2 Å². The second kappa shape index (κ2) is 3.23. The lowest BCUT2D eigenvalue weighted by molar-refractivity contribution is 0.629. The SMILES string of the molecule is Cc1cc[nH]c1-c1c[nH]c2cc(F)ccc12. The molecule has 2 nitrogen and oxygen atoms in total. The number of benzene rings is 1. The minimum Gasteiger partial charge on any atom is -0.361 e. The fourth-order valence-electron chi connectivity index (χ4n) is 2.04. The van der Waals surface area contributed by atoms with Crippen LogP contribution in [0, 0.1) is 12.7 Å². The monoisotopic (exact) mass is 214 g/mol. The Kier molecular flexibility index (Phi) is 1.86. The Morgan fingerprint density at radius 1 is 1.12 bits per heavy atom. The molecule has 0 atom stereocenters. The van der Waals surface area contributed by atoms with E-state index in [4.69, 9.17) is 0 Å². The Morgan fingerprint density at radius 2 is 2.00 bits per heavy atom. The van der Waals surface area contributed by atoms with Gasteiger partial charge in [0.2, 0.25) is 0 Å². The van der Waals surface area contributed by atoms with Crippen LogP contribution in [0.5, 0.6) is 0 Å². The maximum atomic E-state index is 13.0. The van der Waals surface area contributed by atoms with E-state index in [1.807, 2.05) is 25.4 Å². The topological polar surface area (TPSA) is 31.6 Å². The lowest BCUT2D eigenvalue weighted by Gasteiger charge is -1.98. The summed E-state index contributed by atoms with van der Waals surface area (Å²) >= 11 is 0. The number of aromatic amines is 2. The van der Waals surface area contributed by atoms with Gasteiger partial charge in [-0.15, -0.1) is 0 Å². The van der Waals surface area contributed by atoms with Crippen molar-refractivity contribution in [2.75, 3.05) is 0 Å². The number of aryl methyl sites for hydroxylation is 1. The first-order valence-corrected chi connectivity index (χ1v) is 5.17. The fraction of sp³-hybridized carbons (Fsp3) is 0.0769. The van der Waals surface area contributed by atoms with Crippen LogP contribution in [0.4, 0.5) is 4.39 Å². The first-order chi connectivity index (χ1) is 7.75. The number of halogens is 1. The Bertz CT molecular complexity index is 649. The highest BCUT2D eigenvalue weighted by atomic mass is 19.1. The third-order valence-electron chi connectivity index (χ3n) is 2.87. The average Bonchev–Trinajstić information content (AvgIpc) is 2.83. The predicted molar refractivity (Wildman–Crippen MR) is 62.8 cm³/mol. The molecule has 0 saturated heterocycles. The van der Waals surface area contributed by atoms with Crippen molar-refractivity contribution in [2.45, 2.75) is 6.92 Å². The van der Waals surface area contributed by atoms with E-state index in [0.717, 1.165) is 22.2 Å². The van der Waals surface area contributed by atoms with Crippen molar-refractivity contribution < 1.29 is 4.39 Å². The maximum absolute atomic E-state index is 13.0. The molecule has 80 valence electrons. The van der Waals surface area contributed by atoms with Gasteiger partial charge in [-0.25, -0.2) is 4.39 Å². The summed E-state index contributed by atoms with van der Waals surface area (Å²) in [6.45, 7) is 2.05. The van der Waals surface area contributed by atoms with Crippen molar-refractivity contribution in [1.82, 2.24) is 9.97 Å². The molecular formula is C13H11FN2. The van der Waals surface area contributed by atoms with E-state index in [2.05, 4.69) is 9.97 Å². The van der Waals surface area contributed by atoms with E-state index in [1.165, 1.54) is 17.7 Å². The van der Waals surface area contributed by atoms with Crippen molar-refractivity contribution in [3.8, 4) is 11.3 Å². The first-order valence-electron chi connectivity index (χ1n) is 5.17. The molecule has 0 unspecified atom stereocenters. The lowest BCUT2D eigenvalue weighted by Crippen LogP contribution is -1.78. The molecular weight excluding hydrogens is 203 g/mol. The summed E-state index contributed by atoms with van der Waals surface area (Å²) in [7, 11) is 0. The zero-order valence-electron chi connectivity index (χ0n) is 8.84. The number of nitrogens with one attached hydrogen (secondary N) is 2. The molecule has 16 heavy (non-hydrogen) atoms. The molecule has 0 bridgehead atoms. The molecule has 2 N–H and O–H groups in total. The molecule has 1 aromatic carbocycles. The predicted octanol–water partition coefficient (Wildman–Crippen LogP) is 3.61. The minimum atomic E-state index is -0.218. The van der Waals surface area contributed by atoms with Crippen molar-refractivity contribution in [2.24, 2.45) is 0 Å². The zero-order chi connectivity index (χ0) is 11.1. The quantitative estimate of drug-likeness (QED) is 0.620. The summed E-state index contributed by atoms with van der Waals surface area (Å²) in [5.41, 5.74) is 4.17. The second-order valence-corrected chi connectivity index (χ2v) is 3.93. The van der Waals surface area contributed by atoms with Gasteiger partial charge in [0.05, 0.1) is 5.69 Å². The minimum absolute atomic E-state index is 0.218. The zero-order valence-corrected chi connectivity index (χ0v) is 8.84. The van der Waals surface area contributed by atoms with Crippen LogP contribution < -0.4 is 0 Å². The molecule has 0 fully saturated rings. The van der Waals surface area contributed by atoms with Gasteiger partial charge in [0.25, 0.3) is 0 Å². The van der Waals surface area contributed by atoms with Crippen LogP contribution in [0.3, 0.4) is 0 Å². The van der Waals surface area contributed by atoms with Crippen molar-refractivity contribution in [1.29, 1.82) is 0 Å². The number of hydrogen-bond donors (Lipinski definition) is 2. The third kappa shape index (κ3) is 1.25. The standard InChI is InChI=1S/C13H11FN2/c1-8-4-5-15-13(8)11-7-16-12-6-9(14)2-3-10(11)12/h2-7,15-16H,1H3. The van der Waals surface area contributed by atoms with Gasteiger partial charge >= 0.3 is 0 Å². The van der Waals surface area contributed by atoms with Crippen molar-refractivity contribution in [3.63, 3.8) is 0 Å². The van der Waals surface area contributed by atoms with Gasteiger partial charge in [-0.1, -0.05) is 0 Å². The van der Waals surface area contributed by atoms with E-state index >= 15 is 0 Å². The summed E-state index contributed by atoms with van der Waals surface area (Å²) in [6, 6.07) is 6.82. The lowest BCUT2D eigenvalue weighted by atomic mass is 10.1. The molecule has 0 amide bonds. The average molecular weight is 214 g/mol. The maximum Gasteiger partial charge on any atom is 0.125 e. The number of aromatic nitrogens is 2. The van der Waals surface area contributed by atoms with Crippen LogP contribution in [-0.4, -0.2) is 9.97 Å². The Hall–Kier alpha value is -2.03. The van der Waals surface area contributed by atoms with Gasteiger partial charge in [0, 0.05) is 28.9 Å². The molecule has 2 aromatic heterocycles. The van der Waals surface area contributed by atoms with Gasteiger partial charge in [-0.05, 0) is 36.8 Å². The highest BCUT2D eigenvalue weighted by Crippen LogP contribution is 2.29. The Labute approximate surface area is 92.1 Å². The van der Waals surface area contributed by atoms with E-state index in [-0.39, 0.29) is 5.82 Å².